The highest BCUT2D eigenvalue weighted by Gasteiger charge is 2.24. The number of para-hydroxylation sites is 1. The van der Waals surface area contributed by atoms with Crippen molar-refractivity contribution in [1.82, 2.24) is 4.90 Å². The van der Waals surface area contributed by atoms with Gasteiger partial charge in [0.2, 0.25) is 10.0 Å². The Morgan fingerprint density at radius 1 is 1.38 bits per heavy atom. The number of likely N-dealkylation sites (tertiary alicyclic amines) is 1. The number of sulfonamides is 1. The van der Waals surface area contributed by atoms with Crippen LogP contribution in [0, 0.1) is 0 Å². The third-order valence-electron chi connectivity index (χ3n) is 3.20. The van der Waals surface area contributed by atoms with Gasteiger partial charge in [-0.1, -0.05) is 12.1 Å². The van der Waals surface area contributed by atoms with Gasteiger partial charge in [-0.3, -0.25) is 9.52 Å². The van der Waals surface area contributed by atoms with Crippen molar-refractivity contribution in [2.45, 2.75) is 18.9 Å². The number of nitrogens with one attached hydrogen (secondary N) is 1. The van der Waals surface area contributed by atoms with E-state index >= 15 is 0 Å². The normalized spacial score (nSPS) is 18.8. The first-order chi connectivity index (χ1) is 9.37. The molecule has 1 unspecified atom stereocenters. The van der Waals surface area contributed by atoms with Gasteiger partial charge in [-0.05, 0) is 25.0 Å². The fourth-order valence-corrected chi connectivity index (χ4v) is 2.90. The monoisotopic (exact) mass is 333 g/mol. The molecule has 1 heterocycles. The molecule has 118 valence electrons. The zero-order chi connectivity index (χ0) is 14.8. The lowest BCUT2D eigenvalue weighted by Gasteiger charge is -2.31. The summed E-state index contributed by atoms with van der Waals surface area (Å²) in [5, 5.41) is 0. The van der Waals surface area contributed by atoms with Crippen LogP contribution in [0.3, 0.4) is 0 Å². The standard InChI is InChI=1S/C13H19N3O3S.ClH/c1-20(18,19)15-12-7-3-2-6-11(12)13(17)16-8-4-5-10(14)9-16;/h2-3,6-7,10,15H,4-5,8-9,14H2,1H3;1H. The number of hydrogen-bond donors (Lipinski definition) is 2. The fraction of sp³-hybridized carbons (Fsp3) is 0.462. The molecule has 0 radical (unpaired) electrons. The van der Waals surface area contributed by atoms with Crippen LogP contribution in [0.15, 0.2) is 24.3 Å². The predicted octanol–water partition coefficient (Wildman–Crippen LogP) is 1.04. The molecule has 6 nitrogen and oxygen atoms in total. The van der Waals surface area contributed by atoms with Crippen LogP contribution in [0.5, 0.6) is 0 Å². The summed E-state index contributed by atoms with van der Waals surface area (Å²) in [6.07, 6.45) is 2.84. The minimum absolute atomic E-state index is 0. The van der Waals surface area contributed by atoms with E-state index in [9.17, 15) is 13.2 Å². The molecule has 2 rings (SSSR count). The zero-order valence-electron chi connectivity index (χ0n) is 11.8. The van der Waals surface area contributed by atoms with E-state index < -0.39 is 10.0 Å². The molecule has 1 fully saturated rings. The number of amides is 1. The van der Waals surface area contributed by atoms with Crippen molar-refractivity contribution >= 4 is 34.0 Å². The van der Waals surface area contributed by atoms with Crippen molar-refractivity contribution in [3.8, 4) is 0 Å². The number of carbonyl (C=O) groups excluding carboxylic acids is 1. The molecule has 3 N–H and O–H groups in total. The van der Waals surface area contributed by atoms with Gasteiger partial charge in [0.25, 0.3) is 5.91 Å². The number of nitrogens with zero attached hydrogens (tertiary/aromatic N) is 1. The molecule has 8 heteroatoms. The Hall–Kier alpha value is -1.31. The fourth-order valence-electron chi connectivity index (χ4n) is 2.32. The lowest BCUT2D eigenvalue weighted by Crippen LogP contribution is -2.45. The highest BCUT2D eigenvalue weighted by atomic mass is 35.5. The molecule has 1 aliphatic rings. The number of piperidine rings is 1. The highest BCUT2D eigenvalue weighted by Crippen LogP contribution is 2.20. The molecule has 1 aromatic carbocycles. The first-order valence-corrected chi connectivity index (χ1v) is 8.37. The number of halogens is 1. The Morgan fingerprint density at radius 2 is 2.05 bits per heavy atom. The molecule has 1 atom stereocenters. The van der Waals surface area contributed by atoms with E-state index in [0.717, 1.165) is 19.1 Å². The van der Waals surface area contributed by atoms with Gasteiger partial charge in [-0.15, -0.1) is 12.4 Å². The molecular weight excluding hydrogens is 314 g/mol. The summed E-state index contributed by atoms with van der Waals surface area (Å²) in [4.78, 5) is 14.2. The number of rotatable bonds is 3. The van der Waals surface area contributed by atoms with E-state index in [4.69, 9.17) is 5.73 Å². The molecular formula is C13H20ClN3O3S. The first-order valence-electron chi connectivity index (χ1n) is 6.48. The maximum absolute atomic E-state index is 12.5. The van der Waals surface area contributed by atoms with Gasteiger partial charge in [-0.25, -0.2) is 8.42 Å². The summed E-state index contributed by atoms with van der Waals surface area (Å²) in [7, 11) is -3.42. The Labute approximate surface area is 131 Å². The Morgan fingerprint density at radius 3 is 2.67 bits per heavy atom. The van der Waals surface area contributed by atoms with Gasteiger partial charge in [0, 0.05) is 19.1 Å². The number of carbonyl (C=O) groups is 1. The smallest absolute Gasteiger partial charge is 0.256 e. The van der Waals surface area contributed by atoms with Crippen molar-refractivity contribution in [3.63, 3.8) is 0 Å². The number of anilines is 1. The number of benzene rings is 1. The van der Waals surface area contributed by atoms with E-state index in [-0.39, 0.29) is 24.4 Å². The van der Waals surface area contributed by atoms with Crippen LogP contribution in [-0.2, 0) is 10.0 Å². The maximum atomic E-state index is 12.5. The highest BCUT2D eigenvalue weighted by molar-refractivity contribution is 7.92. The van der Waals surface area contributed by atoms with Crippen molar-refractivity contribution in [2.75, 3.05) is 24.1 Å². The molecule has 0 aromatic heterocycles. The van der Waals surface area contributed by atoms with Gasteiger partial charge in [0.1, 0.15) is 0 Å². The third kappa shape index (κ3) is 4.87. The van der Waals surface area contributed by atoms with Crippen molar-refractivity contribution < 1.29 is 13.2 Å². The second kappa shape index (κ2) is 7.11. The molecule has 1 saturated heterocycles. The van der Waals surface area contributed by atoms with Crippen molar-refractivity contribution in [3.05, 3.63) is 29.8 Å². The average molecular weight is 334 g/mol. The molecule has 0 aliphatic carbocycles. The van der Waals surface area contributed by atoms with Crippen LogP contribution in [0.1, 0.15) is 23.2 Å². The average Bonchev–Trinajstić information content (AvgIpc) is 2.37. The Bertz CT molecular complexity index is 606. The van der Waals surface area contributed by atoms with Crippen molar-refractivity contribution in [1.29, 1.82) is 0 Å². The topological polar surface area (TPSA) is 92.5 Å². The van der Waals surface area contributed by atoms with E-state index in [1.165, 1.54) is 0 Å². The summed E-state index contributed by atoms with van der Waals surface area (Å²) >= 11 is 0. The molecule has 0 bridgehead atoms. The van der Waals surface area contributed by atoms with Crippen LogP contribution in [0.2, 0.25) is 0 Å². The third-order valence-corrected chi connectivity index (χ3v) is 3.79. The molecule has 1 aromatic rings. The Kier molecular flexibility index (Phi) is 6.00. The Balaban J connectivity index is 0.00000220. The van der Waals surface area contributed by atoms with Gasteiger partial charge in [0.05, 0.1) is 17.5 Å². The van der Waals surface area contributed by atoms with E-state index in [1.54, 1.807) is 29.2 Å². The number of hydrogen-bond acceptors (Lipinski definition) is 4. The van der Waals surface area contributed by atoms with Gasteiger partial charge in [0.15, 0.2) is 0 Å². The van der Waals surface area contributed by atoms with E-state index in [0.29, 0.717) is 24.3 Å². The zero-order valence-corrected chi connectivity index (χ0v) is 13.4. The summed E-state index contributed by atoms with van der Waals surface area (Å²) in [5.74, 6) is -0.188. The van der Waals surface area contributed by atoms with Crippen LogP contribution >= 0.6 is 12.4 Å². The summed E-state index contributed by atoms with van der Waals surface area (Å²) in [6.45, 7) is 1.16. The quantitative estimate of drug-likeness (QED) is 0.864. The second-order valence-electron chi connectivity index (χ2n) is 5.07. The van der Waals surface area contributed by atoms with Crippen LogP contribution in [0.25, 0.3) is 0 Å². The molecule has 21 heavy (non-hydrogen) atoms. The van der Waals surface area contributed by atoms with E-state index in [1.807, 2.05) is 0 Å². The lowest BCUT2D eigenvalue weighted by molar-refractivity contribution is 0.0710. The van der Waals surface area contributed by atoms with Crippen molar-refractivity contribution in [2.24, 2.45) is 5.73 Å². The van der Waals surface area contributed by atoms with Gasteiger partial charge in [-0.2, -0.15) is 0 Å². The van der Waals surface area contributed by atoms with Crippen LogP contribution < -0.4 is 10.5 Å². The predicted molar refractivity (Wildman–Crippen MR) is 85.3 cm³/mol. The maximum Gasteiger partial charge on any atom is 0.256 e. The van der Waals surface area contributed by atoms with Gasteiger partial charge < -0.3 is 10.6 Å². The largest absolute Gasteiger partial charge is 0.337 e. The summed E-state index contributed by atoms with van der Waals surface area (Å²) in [6, 6.07) is 6.59. The number of nitrogens with two attached hydrogens (primary N) is 1. The van der Waals surface area contributed by atoms with Gasteiger partial charge >= 0.3 is 0 Å². The first kappa shape index (κ1) is 17.7. The summed E-state index contributed by atoms with van der Waals surface area (Å²) < 4.78 is 25.1. The van der Waals surface area contributed by atoms with Crippen LogP contribution in [-0.4, -0.2) is 44.6 Å². The molecule has 1 amide bonds. The lowest BCUT2D eigenvalue weighted by atomic mass is 10.0. The second-order valence-corrected chi connectivity index (χ2v) is 6.82. The minimum Gasteiger partial charge on any atom is -0.337 e. The molecule has 1 aliphatic heterocycles. The van der Waals surface area contributed by atoms with Crippen LogP contribution in [0.4, 0.5) is 5.69 Å². The molecule has 0 spiro atoms. The minimum atomic E-state index is -3.42. The molecule has 0 saturated carbocycles. The SMILES string of the molecule is CS(=O)(=O)Nc1ccccc1C(=O)N1CCCC(N)C1.Cl. The summed E-state index contributed by atoms with van der Waals surface area (Å²) in [5.41, 5.74) is 6.53. The van der Waals surface area contributed by atoms with E-state index in [2.05, 4.69) is 4.72 Å².